The summed E-state index contributed by atoms with van der Waals surface area (Å²) in [5.74, 6) is -0.471. The molecule has 0 saturated heterocycles. The van der Waals surface area contributed by atoms with E-state index in [2.05, 4.69) is 16.2 Å². The van der Waals surface area contributed by atoms with Gasteiger partial charge in [-0.3, -0.25) is 15.6 Å². The number of hydrogen-bond acceptors (Lipinski definition) is 4. The van der Waals surface area contributed by atoms with Crippen molar-refractivity contribution in [3.8, 4) is 0 Å². The summed E-state index contributed by atoms with van der Waals surface area (Å²) in [5.41, 5.74) is 5.91. The first-order valence-corrected chi connectivity index (χ1v) is 12.2. The first kappa shape index (κ1) is 25.4. The smallest absolute Gasteiger partial charge is 0.269 e. The van der Waals surface area contributed by atoms with E-state index in [0.717, 1.165) is 12.8 Å². The van der Waals surface area contributed by atoms with Crippen LogP contribution in [0.5, 0.6) is 0 Å². The Kier molecular flexibility index (Phi) is 9.52. The maximum Gasteiger partial charge on any atom is 0.269 e. The van der Waals surface area contributed by atoms with Crippen LogP contribution >= 0.6 is 35.4 Å². The molecule has 0 radical (unpaired) electrons. The Morgan fingerprint density at radius 2 is 1.58 bits per heavy atom. The molecule has 0 saturated carbocycles. The number of nitrogens with one attached hydrogen (secondary N) is 3. The van der Waals surface area contributed by atoms with E-state index in [1.165, 1.54) is 28.6 Å². The summed E-state index contributed by atoms with van der Waals surface area (Å²) in [7, 11) is -3.60. The topological polar surface area (TPSA) is 90.5 Å². The zero-order chi connectivity index (χ0) is 23.0. The summed E-state index contributed by atoms with van der Waals surface area (Å²) in [5, 5.41) is 3.78. The molecule has 0 heterocycles. The fourth-order valence-electron chi connectivity index (χ4n) is 2.70. The molecule has 0 aliphatic rings. The van der Waals surface area contributed by atoms with Crippen LogP contribution < -0.4 is 16.2 Å². The highest BCUT2D eigenvalue weighted by atomic mass is 35.5. The highest BCUT2D eigenvalue weighted by Gasteiger charge is 2.23. The molecule has 0 aromatic heterocycles. The Bertz CT molecular complexity index is 1030. The maximum absolute atomic E-state index is 12.8. The van der Waals surface area contributed by atoms with Gasteiger partial charge in [-0.1, -0.05) is 37.0 Å². The van der Waals surface area contributed by atoms with Crippen LogP contribution in [0, 0.1) is 0 Å². The minimum atomic E-state index is -3.60. The lowest BCUT2D eigenvalue weighted by Crippen LogP contribution is -2.43. The van der Waals surface area contributed by atoms with Gasteiger partial charge in [0.25, 0.3) is 5.91 Å². The molecule has 1 amide bonds. The summed E-state index contributed by atoms with van der Waals surface area (Å²) in [6.45, 7) is 4.76. The number of thiocarbonyl (C=S) groups is 1. The van der Waals surface area contributed by atoms with Crippen LogP contribution in [-0.4, -0.2) is 36.8 Å². The molecule has 168 valence electrons. The number of sulfonamides is 1. The van der Waals surface area contributed by atoms with Crippen LogP contribution in [0.4, 0.5) is 5.69 Å². The molecule has 7 nitrogen and oxygen atoms in total. The molecule has 2 rings (SSSR count). The van der Waals surface area contributed by atoms with Gasteiger partial charge in [-0.15, -0.1) is 0 Å². The second-order valence-corrected chi connectivity index (χ2v) is 9.75. The lowest BCUT2D eigenvalue weighted by molar-refractivity contribution is 0.0944. The van der Waals surface area contributed by atoms with Crippen molar-refractivity contribution in [2.45, 2.75) is 31.6 Å². The standard InChI is InChI=1S/C20H24Cl2N4O3S2/c1-3-11-26(12-4-2)31(28,29)16-8-5-14(6-9-16)19(27)24-25-20(30)23-15-7-10-17(21)18(22)13-15/h5-10,13H,3-4,11-12H2,1-2H3,(H,24,27)(H2,23,25,30). The minimum absolute atomic E-state index is 0.140. The van der Waals surface area contributed by atoms with E-state index in [0.29, 0.717) is 28.8 Å². The Hall–Kier alpha value is -1.91. The van der Waals surface area contributed by atoms with E-state index in [9.17, 15) is 13.2 Å². The van der Waals surface area contributed by atoms with Gasteiger partial charge in [0.15, 0.2) is 5.11 Å². The van der Waals surface area contributed by atoms with Crippen LogP contribution in [0.2, 0.25) is 10.0 Å². The number of carbonyl (C=O) groups is 1. The Morgan fingerprint density at radius 1 is 0.968 bits per heavy atom. The van der Waals surface area contributed by atoms with Crippen molar-refractivity contribution in [2.75, 3.05) is 18.4 Å². The van der Waals surface area contributed by atoms with Crippen molar-refractivity contribution >= 4 is 62.2 Å². The monoisotopic (exact) mass is 502 g/mol. The zero-order valence-electron chi connectivity index (χ0n) is 17.1. The predicted octanol–water partition coefficient (Wildman–Crippen LogP) is 4.44. The molecular formula is C20H24Cl2N4O3S2. The third kappa shape index (κ3) is 7.05. The summed E-state index contributed by atoms with van der Waals surface area (Å²) in [6, 6.07) is 10.7. The molecule has 3 N–H and O–H groups in total. The molecule has 0 bridgehead atoms. The van der Waals surface area contributed by atoms with E-state index in [1.54, 1.807) is 18.2 Å². The summed E-state index contributed by atoms with van der Waals surface area (Å²) in [6.07, 6.45) is 1.45. The van der Waals surface area contributed by atoms with Gasteiger partial charge in [-0.25, -0.2) is 8.42 Å². The molecule has 0 unspecified atom stereocenters. The zero-order valence-corrected chi connectivity index (χ0v) is 20.3. The van der Waals surface area contributed by atoms with Crippen molar-refractivity contribution in [2.24, 2.45) is 0 Å². The third-order valence-electron chi connectivity index (χ3n) is 4.17. The Balaban J connectivity index is 1.98. The van der Waals surface area contributed by atoms with Crippen LogP contribution in [-0.2, 0) is 10.0 Å². The summed E-state index contributed by atoms with van der Waals surface area (Å²) < 4.78 is 27.0. The molecule has 2 aromatic carbocycles. The largest absolute Gasteiger partial charge is 0.331 e. The second kappa shape index (κ2) is 11.6. The minimum Gasteiger partial charge on any atom is -0.331 e. The average molecular weight is 503 g/mol. The molecule has 0 fully saturated rings. The first-order valence-electron chi connectivity index (χ1n) is 9.61. The van der Waals surface area contributed by atoms with Crippen LogP contribution in [0.25, 0.3) is 0 Å². The Labute approximate surface area is 198 Å². The van der Waals surface area contributed by atoms with Gasteiger partial charge in [0.1, 0.15) is 0 Å². The van der Waals surface area contributed by atoms with Gasteiger partial charge in [0, 0.05) is 24.3 Å². The SMILES string of the molecule is CCCN(CCC)S(=O)(=O)c1ccc(C(=O)NNC(=S)Nc2ccc(Cl)c(Cl)c2)cc1. The number of nitrogens with zero attached hydrogens (tertiary/aromatic N) is 1. The Morgan fingerprint density at radius 3 is 2.13 bits per heavy atom. The van der Waals surface area contributed by atoms with Gasteiger partial charge in [0.05, 0.1) is 14.9 Å². The molecule has 0 aliphatic heterocycles. The molecule has 0 aliphatic carbocycles. The van der Waals surface area contributed by atoms with Gasteiger partial charge < -0.3 is 5.32 Å². The van der Waals surface area contributed by atoms with E-state index in [4.69, 9.17) is 35.4 Å². The van der Waals surface area contributed by atoms with Crippen molar-refractivity contribution < 1.29 is 13.2 Å². The predicted molar refractivity (Wildman–Crippen MR) is 129 cm³/mol. The number of anilines is 1. The highest BCUT2D eigenvalue weighted by molar-refractivity contribution is 7.89. The van der Waals surface area contributed by atoms with Crippen LogP contribution in [0.1, 0.15) is 37.0 Å². The third-order valence-corrected chi connectivity index (χ3v) is 7.02. The van der Waals surface area contributed by atoms with Crippen LogP contribution in [0.15, 0.2) is 47.4 Å². The number of hydrazine groups is 1. The fourth-order valence-corrected chi connectivity index (χ4v) is 4.79. The number of rotatable bonds is 8. The number of halogens is 2. The van der Waals surface area contributed by atoms with E-state index >= 15 is 0 Å². The lowest BCUT2D eigenvalue weighted by Gasteiger charge is -2.21. The number of benzene rings is 2. The van der Waals surface area contributed by atoms with Crippen LogP contribution in [0.3, 0.4) is 0 Å². The van der Waals surface area contributed by atoms with Gasteiger partial charge in [0.2, 0.25) is 10.0 Å². The van der Waals surface area contributed by atoms with Gasteiger partial charge >= 0.3 is 0 Å². The van der Waals surface area contributed by atoms with E-state index in [1.807, 2.05) is 13.8 Å². The van der Waals surface area contributed by atoms with Crippen molar-refractivity contribution in [3.05, 3.63) is 58.1 Å². The summed E-state index contributed by atoms with van der Waals surface area (Å²) in [4.78, 5) is 12.5. The molecule has 0 atom stereocenters. The molecule has 31 heavy (non-hydrogen) atoms. The summed E-state index contributed by atoms with van der Waals surface area (Å²) >= 11 is 17.0. The number of hydrogen-bond donors (Lipinski definition) is 3. The van der Waals surface area contributed by atoms with Gasteiger partial charge in [-0.2, -0.15) is 4.31 Å². The molecule has 0 spiro atoms. The average Bonchev–Trinajstić information content (AvgIpc) is 2.74. The number of amides is 1. The molecular weight excluding hydrogens is 479 g/mol. The molecule has 11 heteroatoms. The second-order valence-electron chi connectivity index (χ2n) is 6.59. The normalized spacial score (nSPS) is 11.3. The van der Waals surface area contributed by atoms with Crippen molar-refractivity contribution in [1.29, 1.82) is 0 Å². The maximum atomic E-state index is 12.8. The van der Waals surface area contributed by atoms with Crippen molar-refractivity contribution in [1.82, 2.24) is 15.2 Å². The first-order chi connectivity index (χ1) is 14.7. The van der Waals surface area contributed by atoms with E-state index in [-0.39, 0.29) is 15.6 Å². The number of carbonyl (C=O) groups excluding carboxylic acids is 1. The molecule has 2 aromatic rings. The van der Waals surface area contributed by atoms with Crippen molar-refractivity contribution in [3.63, 3.8) is 0 Å². The quantitative estimate of drug-likeness (QED) is 0.365. The lowest BCUT2D eigenvalue weighted by atomic mass is 10.2. The highest BCUT2D eigenvalue weighted by Crippen LogP contribution is 2.24. The van der Waals surface area contributed by atoms with E-state index < -0.39 is 15.9 Å². The fraction of sp³-hybridized carbons (Fsp3) is 0.300. The van der Waals surface area contributed by atoms with Gasteiger partial charge in [-0.05, 0) is 67.5 Å².